The summed E-state index contributed by atoms with van der Waals surface area (Å²) in [4.78, 5) is 4.50. The van der Waals surface area contributed by atoms with Gasteiger partial charge in [0.15, 0.2) is 0 Å². The second-order valence-electron chi connectivity index (χ2n) is 3.82. The van der Waals surface area contributed by atoms with Gasteiger partial charge in [-0.05, 0) is 11.6 Å². The highest BCUT2D eigenvalue weighted by molar-refractivity contribution is 6.15. The van der Waals surface area contributed by atoms with Gasteiger partial charge in [-0.3, -0.25) is 4.99 Å². The summed E-state index contributed by atoms with van der Waals surface area (Å²) in [5, 5.41) is 3.17. The van der Waals surface area contributed by atoms with Crippen molar-refractivity contribution >= 4 is 23.6 Å². The fourth-order valence-corrected chi connectivity index (χ4v) is 2.03. The standard InChI is InChI=1S/C14H12N2.CH3Cl/c1-2-6-11(7-3-1)14-12-8-4-5-9-13(12)15-10-16-14;1-2/h1-10,14H,(H,15,16);1H3. The molecule has 1 unspecified atom stereocenters. The van der Waals surface area contributed by atoms with Crippen LogP contribution < -0.4 is 5.32 Å². The molecule has 0 amide bonds. The van der Waals surface area contributed by atoms with Gasteiger partial charge in [-0.2, -0.15) is 0 Å². The van der Waals surface area contributed by atoms with Crippen LogP contribution in [-0.2, 0) is 0 Å². The van der Waals surface area contributed by atoms with Crippen molar-refractivity contribution in [1.82, 2.24) is 0 Å². The molecule has 2 aromatic carbocycles. The van der Waals surface area contributed by atoms with E-state index in [9.17, 15) is 0 Å². The summed E-state index contributed by atoms with van der Waals surface area (Å²) < 4.78 is 0. The number of fused-ring (bicyclic) bond motifs is 1. The lowest BCUT2D eigenvalue weighted by atomic mass is 9.97. The van der Waals surface area contributed by atoms with Gasteiger partial charge >= 0.3 is 0 Å². The molecule has 3 rings (SSSR count). The average Bonchev–Trinajstić information content (AvgIpc) is 2.50. The molecule has 0 saturated carbocycles. The molecule has 0 fully saturated rings. The second kappa shape index (κ2) is 6.22. The quantitative estimate of drug-likeness (QED) is 0.766. The van der Waals surface area contributed by atoms with Crippen molar-refractivity contribution in [3.05, 3.63) is 65.7 Å². The second-order valence-corrected chi connectivity index (χ2v) is 3.82. The fourth-order valence-electron chi connectivity index (χ4n) is 2.03. The maximum absolute atomic E-state index is 4.64. The van der Waals surface area contributed by atoms with Gasteiger partial charge < -0.3 is 5.32 Å². The number of hydrogen-bond donors (Lipinski definition) is 1. The first-order chi connectivity index (χ1) is 8.95. The van der Waals surface area contributed by atoms with Crippen LogP contribution in [0.25, 0.3) is 0 Å². The average molecular weight is 259 g/mol. The number of hydrogen-bond acceptors (Lipinski definition) is 2. The monoisotopic (exact) mass is 258 g/mol. The van der Waals surface area contributed by atoms with Crippen LogP contribution in [0.4, 0.5) is 5.69 Å². The molecular weight excluding hydrogens is 244 g/mol. The van der Waals surface area contributed by atoms with E-state index in [1.165, 1.54) is 17.5 Å². The Kier molecular flexibility index (Phi) is 4.37. The zero-order chi connectivity index (χ0) is 12.8. The predicted molar refractivity (Wildman–Crippen MR) is 78.6 cm³/mol. The van der Waals surface area contributed by atoms with Gasteiger partial charge in [0.2, 0.25) is 0 Å². The number of nitrogens with zero attached hydrogens (tertiary/aromatic N) is 1. The van der Waals surface area contributed by atoms with E-state index in [0.717, 1.165) is 5.69 Å². The van der Waals surface area contributed by atoms with Crippen LogP contribution in [0, 0.1) is 0 Å². The maximum atomic E-state index is 4.64. The van der Waals surface area contributed by atoms with Gasteiger partial charge in [0, 0.05) is 17.6 Å². The van der Waals surface area contributed by atoms with E-state index in [4.69, 9.17) is 0 Å². The van der Waals surface area contributed by atoms with E-state index in [1.54, 1.807) is 6.34 Å². The van der Waals surface area contributed by atoms with Crippen LogP contribution in [0.3, 0.4) is 0 Å². The molecule has 1 atom stereocenters. The molecule has 2 nitrogen and oxygen atoms in total. The van der Waals surface area contributed by atoms with Crippen molar-refractivity contribution in [2.75, 3.05) is 11.7 Å². The number of nitrogens with one attached hydrogen (secondary N) is 1. The first-order valence-electron chi connectivity index (χ1n) is 5.75. The van der Waals surface area contributed by atoms with Crippen molar-refractivity contribution in [1.29, 1.82) is 0 Å². The smallest absolute Gasteiger partial charge is 0.104 e. The Morgan fingerprint density at radius 1 is 0.944 bits per heavy atom. The summed E-state index contributed by atoms with van der Waals surface area (Å²) in [6.45, 7) is 0. The molecule has 0 aromatic heterocycles. The molecule has 1 aliphatic rings. The number of para-hydroxylation sites is 1. The van der Waals surface area contributed by atoms with Crippen molar-refractivity contribution in [3.8, 4) is 0 Å². The van der Waals surface area contributed by atoms with Gasteiger partial charge in [-0.15, -0.1) is 11.6 Å². The van der Waals surface area contributed by atoms with Crippen LogP contribution in [0.1, 0.15) is 17.2 Å². The molecule has 2 aromatic rings. The van der Waals surface area contributed by atoms with Crippen molar-refractivity contribution in [3.63, 3.8) is 0 Å². The molecule has 0 saturated heterocycles. The third-order valence-electron chi connectivity index (χ3n) is 2.81. The number of rotatable bonds is 1. The summed E-state index contributed by atoms with van der Waals surface area (Å²) >= 11 is 4.64. The minimum absolute atomic E-state index is 0.124. The lowest BCUT2D eigenvalue weighted by molar-refractivity contribution is 0.870. The Hall–Kier alpha value is -1.80. The van der Waals surface area contributed by atoms with Crippen LogP contribution in [0.2, 0.25) is 0 Å². The highest BCUT2D eigenvalue weighted by Gasteiger charge is 2.17. The van der Waals surface area contributed by atoms with Crippen LogP contribution >= 0.6 is 11.6 Å². The number of benzene rings is 2. The molecule has 3 heteroatoms. The molecule has 92 valence electrons. The van der Waals surface area contributed by atoms with Crippen molar-refractivity contribution in [2.45, 2.75) is 6.04 Å². The largest absolute Gasteiger partial charge is 0.346 e. The summed E-state index contributed by atoms with van der Waals surface area (Å²) in [5.41, 5.74) is 3.61. The minimum atomic E-state index is 0.124. The first kappa shape index (κ1) is 12.7. The molecule has 0 radical (unpaired) electrons. The Balaban J connectivity index is 0.000000574. The third kappa shape index (κ3) is 2.54. The van der Waals surface area contributed by atoms with E-state index < -0.39 is 0 Å². The van der Waals surface area contributed by atoms with E-state index in [-0.39, 0.29) is 6.04 Å². The third-order valence-corrected chi connectivity index (χ3v) is 2.81. The van der Waals surface area contributed by atoms with Crippen LogP contribution in [0.15, 0.2) is 59.6 Å². The summed E-state index contributed by atoms with van der Waals surface area (Å²) in [5.74, 6) is 0. The minimum Gasteiger partial charge on any atom is -0.346 e. The first-order valence-corrected chi connectivity index (χ1v) is 6.50. The predicted octanol–water partition coefficient (Wildman–Crippen LogP) is 4.08. The molecule has 0 bridgehead atoms. The molecule has 1 aliphatic heterocycles. The molecule has 0 aliphatic carbocycles. The maximum Gasteiger partial charge on any atom is 0.104 e. The molecule has 1 N–H and O–H groups in total. The zero-order valence-corrected chi connectivity index (χ0v) is 10.9. The van der Waals surface area contributed by atoms with E-state index in [2.05, 4.69) is 64.4 Å². The number of alkyl halides is 1. The van der Waals surface area contributed by atoms with Crippen LogP contribution in [-0.4, -0.2) is 12.7 Å². The highest BCUT2D eigenvalue weighted by Crippen LogP contribution is 2.33. The SMILES string of the molecule is C1=NC(c2ccccc2)c2ccccc2N1.CCl. The zero-order valence-electron chi connectivity index (χ0n) is 10.2. The van der Waals surface area contributed by atoms with Gasteiger partial charge in [-0.25, -0.2) is 0 Å². The lowest BCUT2D eigenvalue weighted by Crippen LogP contribution is -2.10. The van der Waals surface area contributed by atoms with E-state index >= 15 is 0 Å². The lowest BCUT2D eigenvalue weighted by Gasteiger charge is -2.21. The van der Waals surface area contributed by atoms with Gasteiger partial charge in [0.25, 0.3) is 0 Å². The Morgan fingerprint density at radius 3 is 2.39 bits per heavy atom. The van der Waals surface area contributed by atoms with Crippen molar-refractivity contribution in [2.24, 2.45) is 4.99 Å². The fraction of sp³-hybridized carbons (Fsp3) is 0.133. The summed E-state index contributed by atoms with van der Waals surface area (Å²) in [7, 11) is 0. The van der Waals surface area contributed by atoms with Gasteiger partial charge in [-0.1, -0.05) is 48.5 Å². The molecule has 1 heterocycles. The molecule has 0 spiro atoms. The van der Waals surface area contributed by atoms with Crippen LogP contribution in [0.5, 0.6) is 0 Å². The summed E-state index contributed by atoms with van der Waals surface area (Å²) in [6.07, 6.45) is 3.25. The number of aliphatic imine (C=N–C) groups is 1. The highest BCUT2D eigenvalue weighted by atomic mass is 35.5. The summed E-state index contributed by atoms with van der Waals surface area (Å²) in [6, 6.07) is 18.8. The van der Waals surface area contributed by atoms with Crippen molar-refractivity contribution < 1.29 is 0 Å². The van der Waals surface area contributed by atoms with E-state index in [0.29, 0.717) is 0 Å². The number of halogens is 1. The number of anilines is 1. The Labute approximate surface area is 112 Å². The Bertz CT molecular complexity index is 523. The van der Waals surface area contributed by atoms with Gasteiger partial charge in [0.05, 0.1) is 6.34 Å². The molecular formula is C15H15ClN2. The van der Waals surface area contributed by atoms with Gasteiger partial charge in [0.1, 0.15) is 6.04 Å². The topological polar surface area (TPSA) is 24.4 Å². The normalized spacial score (nSPS) is 16.0. The Morgan fingerprint density at radius 2 is 1.61 bits per heavy atom. The van der Waals surface area contributed by atoms with E-state index in [1.807, 2.05) is 12.1 Å². The molecule has 18 heavy (non-hydrogen) atoms.